The van der Waals surface area contributed by atoms with Crippen LogP contribution >= 0.6 is 11.6 Å². The number of hydrazone groups is 1. The molecule has 0 spiro atoms. The summed E-state index contributed by atoms with van der Waals surface area (Å²) in [5, 5.41) is 6.71. The zero-order valence-electron chi connectivity index (χ0n) is 9.40. The van der Waals surface area contributed by atoms with Gasteiger partial charge in [0.1, 0.15) is 0 Å². The highest BCUT2D eigenvalue weighted by Crippen LogP contribution is 2.34. The van der Waals surface area contributed by atoms with Crippen molar-refractivity contribution < 1.29 is 4.79 Å². The minimum Gasteiger partial charge on any atom is -0.273 e. The van der Waals surface area contributed by atoms with Crippen molar-refractivity contribution in [3.05, 3.63) is 34.9 Å². The molecule has 0 radical (unpaired) electrons. The SMILES string of the molecule is O=C1CC(C2CC2)=NN1Cc1ccc(Cl)cc1. The molecule has 1 amide bonds. The number of hydrogen-bond acceptors (Lipinski definition) is 2. The fourth-order valence-corrected chi connectivity index (χ4v) is 2.15. The minimum atomic E-state index is 0.113. The lowest BCUT2D eigenvalue weighted by Gasteiger charge is -2.11. The topological polar surface area (TPSA) is 32.7 Å². The summed E-state index contributed by atoms with van der Waals surface area (Å²) in [6, 6.07) is 7.53. The van der Waals surface area contributed by atoms with E-state index in [1.54, 1.807) is 5.01 Å². The summed E-state index contributed by atoms with van der Waals surface area (Å²) in [6.45, 7) is 0.548. The number of rotatable bonds is 3. The number of halogens is 1. The van der Waals surface area contributed by atoms with Crippen molar-refractivity contribution in [2.75, 3.05) is 0 Å². The van der Waals surface area contributed by atoms with Crippen LogP contribution in [0.3, 0.4) is 0 Å². The van der Waals surface area contributed by atoms with Gasteiger partial charge >= 0.3 is 0 Å². The van der Waals surface area contributed by atoms with Crippen LogP contribution in [0.4, 0.5) is 0 Å². The molecule has 0 atom stereocenters. The van der Waals surface area contributed by atoms with E-state index >= 15 is 0 Å². The van der Waals surface area contributed by atoms with Crippen molar-refractivity contribution >= 4 is 23.2 Å². The molecule has 3 rings (SSSR count). The summed E-state index contributed by atoms with van der Waals surface area (Å²) in [5.41, 5.74) is 2.13. The number of carbonyl (C=O) groups is 1. The lowest BCUT2D eigenvalue weighted by atomic mass is 10.2. The normalized spacial score (nSPS) is 19.7. The van der Waals surface area contributed by atoms with Gasteiger partial charge in [0.25, 0.3) is 0 Å². The Balaban J connectivity index is 1.72. The smallest absolute Gasteiger partial charge is 0.248 e. The molecule has 2 aliphatic rings. The van der Waals surface area contributed by atoms with Crippen LogP contribution in [0.25, 0.3) is 0 Å². The highest BCUT2D eigenvalue weighted by molar-refractivity contribution is 6.30. The van der Waals surface area contributed by atoms with E-state index in [0.29, 0.717) is 23.9 Å². The number of amides is 1. The summed E-state index contributed by atoms with van der Waals surface area (Å²) in [7, 11) is 0. The van der Waals surface area contributed by atoms with Gasteiger partial charge in [-0.05, 0) is 36.5 Å². The van der Waals surface area contributed by atoms with Crippen LogP contribution in [0.2, 0.25) is 5.02 Å². The Morgan fingerprint density at radius 3 is 2.65 bits per heavy atom. The maximum atomic E-state index is 11.8. The van der Waals surface area contributed by atoms with Crippen LogP contribution in [0, 0.1) is 5.92 Å². The minimum absolute atomic E-state index is 0.113. The van der Waals surface area contributed by atoms with Crippen LogP contribution < -0.4 is 0 Å². The summed E-state index contributed by atoms with van der Waals surface area (Å²) >= 11 is 5.82. The molecule has 0 unspecified atom stereocenters. The third-order valence-corrected chi connectivity index (χ3v) is 3.42. The van der Waals surface area contributed by atoms with Crippen LogP contribution in [0.15, 0.2) is 29.4 Å². The van der Waals surface area contributed by atoms with Gasteiger partial charge in [-0.1, -0.05) is 23.7 Å². The van der Waals surface area contributed by atoms with Gasteiger partial charge in [0, 0.05) is 5.02 Å². The van der Waals surface area contributed by atoms with Gasteiger partial charge in [0.15, 0.2) is 0 Å². The summed E-state index contributed by atoms with van der Waals surface area (Å²) in [6.07, 6.45) is 2.90. The van der Waals surface area contributed by atoms with E-state index in [4.69, 9.17) is 11.6 Å². The number of carbonyl (C=O) groups excluding carboxylic acids is 1. The number of benzene rings is 1. The fraction of sp³-hybridized carbons (Fsp3) is 0.385. The summed E-state index contributed by atoms with van der Waals surface area (Å²) in [5.74, 6) is 0.691. The second kappa shape index (κ2) is 4.15. The van der Waals surface area contributed by atoms with Gasteiger partial charge in [-0.2, -0.15) is 5.10 Å². The predicted octanol–water partition coefficient (Wildman–Crippen LogP) is 2.84. The van der Waals surface area contributed by atoms with Crippen molar-refractivity contribution in [2.45, 2.75) is 25.8 Å². The fourth-order valence-electron chi connectivity index (χ4n) is 2.02. The van der Waals surface area contributed by atoms with Crippen molar-refractivity contribution in [2.24, 2.45) is 11.0 Å². The third kappa shape index (κ3) is 2.34. The first kappa shape index (κ1) is 10.8. The molecule has 4 heteroatoms. The monoisotopic (exact) mass is 248 g/mol. The van der Waals surface area contributed by atoms with Crippen molar-refractivity contribution in [3.63, 3.8) is 0 Å². The zero-order chi connectivity index (χ0) is 11.8. The lowest BCUT2D eigenvalue weighted by molar-refractivity contribution is -0.129. The quantitative estimate of drug-likeness (QED) is 0.810. The molecule has 1 fully saturated rings. The summed E-state index contributed by atoms with van der Waals surface area (Å²) < 4.78 is 0. The number of nitrogens with zero attached hydrogens (tertiary/aromatic N) is 2. The molecule has 1 aliphatic carbocycles. The summed E-state index contributed by atoms with van der Waals surface area (Å²) in [4.78, 5) is 11.8. The largest absolute Gasteiger partial charge is 0.273 e. The van der Waals surface area contributed by atoms with Gasteiger partial charge in [0.2, 0.25) is 5.91 Å². The van der Waals surface area contributed by atoms with E-state index in [-0.39, 0.29) is 5.91 Å². The molecule has 1 saturated carbocycles. The predicted molar refractivity (Wildman–Crippen MR) is 66.8 cm³/mol. The van der Waals surface area contributed by atoms with Gasteiger partial charge in [0.05, 0.1) is 18.7 Å². The van der Waals surface area contributed by atoms with E-state index in [0.717, 1.165) is 11.3 Å². The van der Waals surface area contributed by atoms with Crippen molar-refractivity contribution in [1.29, 1.82) is 0 Å². The first-order valence-electron chi connectivity index (χ1n) is 5.84. The Morgan fingerprint density at radius 1 is 1.29 bits per heavy atom. The zero-order valence-corrected chi connectivity index (χ0v) is 10.2. The Labute approximate surface area is 105 Å². The average molecular weight is 249 g/mol. The Morgan fingerprint density at radius 2 is 2.00 bits per heavy atom. The van der Waals surface area contributed by atoms with Crippen molar-refractivity contribution in [3.8, 4) is 0 Å². The second-order valence-corrected chi connectivity index (χ2v) is 5.06. The van der Waals surface area contributed by atoms with Crippen LogP contribution in [-0.2, 0) is 11.3 Å². The molecule has 0 aromatic heterocycles. The first-order valence-corrected chi connectivity index (χ1v) is 6.22. The molecule has 1 aromatic carbocycles. The Hall–Kier alpha value is -1.35. The van der Waals surface area contributed by atoms with Crippen molar-refractivity contribution in [1.82, 2.24) is 5.01 Å². The van der Waals surface area contributed by atoms with Crippen LogP contribution in [0.5, 0.6) is 0 Å². The maximum absolute atomic E-state index is 11.8. The molecule has 3 nitrogen and oxygen atoms in total. The number of hydrogen-bond donors (Lipinski definition) is 0. The van der Waals surface area contributed by atoms with Gasteiger partial charge in [-0.25, -0.2) is 5.01 Å². The van der Waals surface area contributed by atoms with E-state index in [1.165, 1.54) is 12.8 Å². The molecule has 1 aromatic rings. The van der Waals surface area contributed by atoms with E-state index in [1.807, 2.05) is 24.3 Å². The lowest BCUT2D eigenvalue weighted by Crippen LogP contribution is -2.19. The third-order valence-electron chi connectivity index (χ3n) is 3.16. The highest BCUT2D eigenvalue weighted by Gasteiger charge is 2.34. The van der Waals surface area contributed by atoms with E-state index in [9.17, 15) is 4.79 Å². The highest BCUT2D eigenvalue weighted by atomic mass is 35.5. The molecular formula is C13H13ClN2O. The molecular weight excluding hydrogens is 236 g/mol. The Kier molecular flexibility index (Phi) is 2.63. The average Bonchev–Trinajstić information content (AvgIpc) is 3.09. The molecule has 0 saturated heterocycles. The molecule has 88 valence electrons. The molecule has 0 bridgehead atoms. The van der Waals surface area contributed by atoms with Gasteiger partial charge < -0.3 is 0 Å². The van der Waals surface area contributed by atoms with E-state index < -0.39 is 0 Å². The first-order chi connectivity index (χ1) is 8.22. The van der Waals surface area contributed by atoms with Gasteiger partial charge in [-0.3, -0.25) is 4.79 Å². The van der Waals surface area contributed by atoms with Gasteiger partial charge in [-0.15, -0.1) is 0 Å². The molecule has 1 heterocycles. The van der Waals surface area contributed by atoms with Crippen LogP contribution in [-0.4, -0.2) is 16.6 Å². The molecule has 1 aliphatic heterocycles. The van der Waals surface area contributed by atoms with E-state index in [2.05, 4.69) is 5.10 Å². The standard InChI is InChI=1S/C13H13ClN2O/c14-11-5-1-9(2-6-11)8-16-13(17)7-12(15-16)10-3-4-10/h1-2,5-6,10H,3-4,7-8H2. The van der Waals surface area contributed by atoms with Crippen LogP contribution in [0.1, 0.15) is 24.8 Å². The Bertz CT molecular complexity index is 477. The molecule has 0 N–H and O–H groups in total. The second-order valence-electron chi connectivity index (χ2n) is 4.62. The molecule has 17 heavy (non-hydrogen) atoms. The maximum Gasteiger partial charge on any atom is 0.248 e.